The highest BCUT2D eigenvalue weighted by atomic mass is 79.9. The third-order valence-electron chi connectivity index (χ3n) is 4.55. The van der Waals surface area contributed by atoms with Crippen LogP contribution in [0.25, 0.3) is 0 Å². The van der Waals surface area contributed by atoms with E-state index in [0.29, 0.717) is 29.4 Å². The molecular weight excluding hydrogens is 448 g/mol. The van der Waals surface area contributed by atoms with E-state index < -0.39 is 0 Å². The zero-order valence-corrected chi connectivity index (χ0v) is 17.6. The number of halogens is 1. The minimum absolute atomic E-state index is 0.0137. The first-order valence-corrected chi connectivity index (χ1v) is 10.2. The number of fused-ring (bicyclic) bond motifs is 1. The van der Waals surface area contributed by atoms with Crippen LogP contribution in [-0.4, -0.2) is 25.0 Å². The van der Waals surface area contributed by atoms with E-state index in [1.807, 2.05) is 42.5 Å². The molecule has 6 nitrogen and oxygen atoms in total. The van der Waals surface area contributed by atoms with Crippen LogP contribution in [0.5, 0.6) is 11.5 Å². The molecule has 0 aromatic heterocycles. The third-order valence-corrected chi connectivity index (χ3v) is 5.08. The second-order valence-electron chi connectivity index (χ2n) is 6.73. The van der Waals surface area contributed by atoms with Crippen molar-refractivity contribution in [2.45, 2.75) is 6.54 Å². The minimum Gasteiger partial charge on any atom is -0.484 e. The molecule has 0 aliphatic carbocycles. The Morgan fingerprint density at radius 1 is 1.07 bits per heavy atom. The molecule has 1 aliphatic heterocycles. The molecule has 0 fully saturated rings. The fraction of sp³-hybridized carbons (Fsp3) is 0.130. The van der Waals surface area contributed by atoms with Gasteiger partial charge in [-0.1, -0.05) is 46.3 Å². The van der Waals surface area contributed by atoms with E-state index >= 15 is 0 Å². The first-order chi connectivity index (χ1) is 14.6. The number of amides is 2. The maximum absolute atomic E-state index is 12.5. The lowest BCUT2D eigenvalue weighted by molar-refractivity contribution is -0.121. The Morgan fingerprint density at radius 3 is 2.60 bits per heavy atom. The van der Waals surface area contributed by atoms with Crippen molar-refractivity contribution in [3.63, 3.8) is 0 Å². The number of para-hydroxylation sites is 1. The largest absolute Gasteiger partial charge is 0.484 e. The highest BCUT2D eigenvalue weighted by molar-refractivity contribution is 9.10. The summed E-state index contributed by atoms with van der Waals surface area (Å²) in [6.45, 7) is 0.288. The van der Waals surface area contributed by atoms with Gasteiger partial charge in [-0.25, -0.2) is 0 Å². The van der Waals surface area contributed by atoms with Crippen LogP contribution in [0, 0.1) is 0 Å². The summed E-state index contributed by atoms with van der Waals surface area (Å²) in [5.41, 5.74) is 2.18. The number of nitrogens with one attached hydrogen (secondary N) is 1. The van der Waals surface area contributed by atoms with Crippen molar-refractivity contribution in [3.05, 3.63) is 82.8 Å². The van der Waals surface area contributed by atoms with Crippen LogP contribution in [0.15, 0.2) is 77.3 Å². The smallest absolute Gasteiger partial charge is 0.265 e. The Morgan fingerprint density at radius 2 is 1.83 bits per heavy atom. The molecule has 0 unspecified atom stereocenters. The Balaban J connectivity index is 1.47. The average molecular weight is 467 g/mol. The number of hydrogen-bond acceptors (Lipinski definition) is 4. The minimum atomic E-state index is -0.290. The van der Waals surface area contributed by atoms with Gasteiger partial charge in [-0.15, -0.1) is 0 Å². The molecule has 152 valence electrons. The number of nitrogens with zero attached hydrogens (tertiary/aromatic N) is 1. The van der Waals surface area contributed by atoms with Crippen molar-refractivity contribution < 1.29 is 19.1 Å². The summed E-state index contributed by atoms with van der Waals surface area (Å²) in [6.07, 6.45) is 0. The zero-order chi connectivity index (χ0) is 20.9. The molecule has 1 N–H and O–H groups in total. The number of benzene rings is 3. The van der Waals surface area contributed by atoms with Gasteiger partial charge >= 0.3 is 0 Å². The van der Waals surface area contributed by atoms with E-state index in [1.54, 1.807) is 35.2 Å². The molecule has 7 heteroatoms. The molecule has 0 bridgehead atoms. The van der Waals surface area contributed by atoms with E-state index in [9.17, 15) is 9.59 Å². The van der Waals surface area contributed by atoms with Crippen molar-refractivity contribution in [2.24, 2.45) is 0 Å². The Hall–Kier alpha value is -3.32. The van der Waals surface area contributed by atoms with Crippen LogP contribution < -0.4 is 19.7 Å². The van der Waals surface area contributed by atoms with Gasteiger partial charge in [0.15, 0.2) is 13.2 Å². The summed E-state index contributed by atoms with van der Waals surface area (Å²) < 4.78 is 12.0. The van der Waals surface area contributed by atoms with Gasteiger partial charge < -0.3 is 19.7 Å². The van der Waals surface area contributed by atoms with Crippen LogP contribution >= 0.6 is 15.9 Å². The Bertz CT molecular complexity index is 1050. The number of anilines is 2. The van der Waals surface area contributed by atoms with Gasteiger partial charge in [0.2, 0.25) is 0 Å². The molecule has 3 aromatic rings. The molecule has 0 atom stereocenters. The lowest BCUT2D eigenvalue weighted by atomic mass is 10.1. The first-order valence-electron chi connectivity index (χ1n) is 9.38. The standard InChI is InChI=1S/C23H19BrN2O4/c24-17-8-6-16(7-9-17)13-26-20-12-18(10-11-21(20)30-15-23(26)28)25-22(27)14-29-19-4-2-1-3-5-19/h1-12H,13-15H2,(H,25,27). The summed E-state index contributed by atoms with van der Waals surface area (Å²) >= 11 is 3.42. The molecule has 0 saturated carbocycles. The summed E-state index contributed by atoms with van der Waals surface area (Å²) in [5.74, 6) is 0.797. The molecule has 1 heterocycles. The topological polar surface area (TPSA) is 67.9 Å². The number of rotatable bonds is 6. The molecular formula is C23H19BrN2O4. The summed E-state index contributed by atoms with van der Waals surface area (Å²) in [5, 5.41) is 2.81. The monoisotopic (exact) mass is 466 g/mol. The maximum atomic E-state index is 12.5. The highest BCUT2D eigenvalue weighted by Gasteiger charge is 2.26. The van der Waals surface area contributed by atoms with Gasteiger partial charge in [0.1, 0.15) is 11.5 Å². The molecule has 0 radical (unpaired) electrons. The van der Waals surface area contributed by atoms with Crippen LogP contribution in [0.2, 0.25) is 0 Å². The van der Waals surface area contributed by atoms with Gasteiger partial charge in [0, 0.05) is 10.2 Å². The van der Waals surface area contributed by atoms with Crippen LogP contribution in [0.1, 0.15) is 5.56 Å². The fourth-order valence-electron chi connectivity index (χ4n) is 3.09. The number of carbonyl (C=O) groups excluding carboxylic acids is 2. The van der Waals surface area contributed by atoms with E-state index in [0.717, 1.165) is 10.0 Å². The zero-order valence-electron chi connectivity index (χ0n) is 16.0. The Kier molecular flexibility index (Phi) is 5.99. The van der Waals surface area contributed by atoms with Crippen molar-refractivity contribution in [2.75, 3.05) is 23.4 Å². The maximum Gasteiger partial charge on any atom is 0.265 e. The van der Waals surface area contributed by atoms with Crippen molar-refractivity contribution in [1.82, 2.24) is 0 Å². The molecule has 2 amide bonds. The van der Waals surface area contributed by atoms with E-state index in [4.69, 9.17) is 9.47 Å². The summed E-state index contributed by atoms with van der Waals surface area (Å²) in [4.78, 5) is 26.4. The van der Waals surface area contributed by atoms with Crippen LogP contribution in [0.3, 0.4) is 0 Å². The second-order valence-corrected chi connectivity index (χ2v) is 7.64. The van der Waals surface area contributed by atoms with Crippen molar-refractivity contribution >= 4 is 39.1 Å². The highest BCUT2D eigenvalue weighted by Crippen LogP contribution is 2.35. The van der Waals surface area contributed by atoms with Crippen LogP contribution in [-0.2, 0) is 16.1 Å². The van der Waals surface area contributed by atoms with Crippen LogP contribution in [0.4, 0.5) is 11.4 Å². The molecule has 30 heavy (non-hydrogen) atoms. The lowest BCUT2D eigenvalue weighted by Gasteiger charge is -2.30. The first kappa shape index (κ1) is 20.0. The van der Waals surface area contributed by atoms with Gasteiger partial charge in [0.05, 0.1) is 12.2 Å². The molecule has 4 rings (SSSR count). The van der Waals surface area contributed by atoms with E-state index in [-0.39, 0.29) is 25.0 Å². The molecule has 0 saturated heterocycles. The second kappa shape index (κ2) is 9.00. The predicted octanol–water partition coefficient (Wildman–Crippen LogP) is 4.39. The van der Waals surface area contributed by atoms with Gasteiger partial charge in [-0.05, 0) is 48.0 Å². The number of ether oxygens (including phenoxy) is 2. The SMILES string of the molecule is O=C(COc1ccccc1)Nc1ccc2c(c1)N(Cc1ccc(Br)cc1)C(=O)CO2. The van der Waals surface area contributed by atoms with Gasteiger partial charge in [-0.2, -0.15) is 0 Å². The van der Waals surface area contributed by atoms with E-state index in [2.05, 4.69) is 21.2 Å². The summed E-state index contributed by atoms with van der Waals surface area (Å²) in [7, 11) is 0. The average Bonchev–Trinajstić information content (AvgIpc) is 2.76. The van der Waals surface area contributed by atoms with Gasteiger partial charge in [-0.3, -0.25) is 9.59 Å². The quantitative estimate of drug-likeness (QED) is 0.584. The lowest BCUT2D eigenvalue weighted by Crippen LogP contribution is -2.38. The number of carbonyl (C=O) groups is 2. The summed E-state index contributed by atoms with van der Waals surface area (Å²) in [6, 6.07) is 22.2. The third kappa shape index (κ3) is 4.80. The van der Waals surface area contributed by atoms with Gasteiger partial charge in [0.25, 0.3) is 11.8 Å². The van der Waals surface area contributed by atoms with E-state index in [1.165, 1.54) is 0 Å². The predicted molar refractivity (Wildman–Crippen MR) is 118 cm³/mol. The normalized spacial score (nSPS) is 12.7. The molecule has 3 aromatic carbocycles. The fourth-order valence-corrected chi connectivity index (χ4v) is 3.35. The van der Waals surface area contributed by atoms with Crippen molar-refractivity contribution in [1.29, 1.82) is 0 Å². The number of hydrogen-bond donors (Lipinski definition) is 1. The molecule has 1 aliphatic rings. The van der Waals surface area contributed by atoms with Crippen molar-refractivity contribution in [3.8, 4) is 11.5 Å². The Labute approximate surface area is 182 Å². The molecule has 0 spiro atoms.